The molecule has 1 amide bonds. The molecule has 1 aliphatic rings. The average molecular weight is 787 g/mol. The summed E-state index contributed by atoms with van der Waals surface area (Å²) in [6, 6.07) is 41.8. The van der Waals surface area contributed by atoms with E-state index in [1.807, 2.05) is 60.7 Å². The van der Waals surface area contributed by atoms with E-state index in [0.717, 1.165) is 16.7 Å². The number of carbonyl (C=O) groups excluding carboxylic acids is 1. The minimum atomic E-state index is -1.57. The van der Waals surface area contributed by atoms with Crippen LogP contribution in [0.1, 0.15) is 79.4 Å². The van der Waals surface area contributed by atoms with Crippen molar-refractivity contribution in [3.63, 3.8) is 0 Å². The van der Waals surface area contributed by atoms with Gasteiger partial charge < -0.3 is 19.1 Å². The molecule has 12 heteroatoms. The lowest BCUT2D eigenvalue weighted by Crippen LogP contribution is -2.53. The number of amides is 1. The van der Waals surface area contributed by atoms with Gasteiger partial charge in [0.15, 0.2) is 0 Å². The van der Waals surface area contributed by atoms with Gasteiger partial charge in [0.25, 0.3) is 14.4 Å². The van der Waals surface area contributed by atoms with Crippen LogP contribution in [-0.2, 0) is 19.3 Å². The summed E-state index contributed by atoms with van der Waals surface area (Å²) in [5.74, 6) is -0.164. The van der Waals surface area contributed by atoms with Gasteiger partial charge in [0.05, 0.1) is 37.3 Å². The Balaban J connectivity index is 1.40. The number of hydrogen-bond donors (Lipinski definition) is 2. The van der Waals surface area contributed by atoms with Crippen molar-refractivity contribution in [2.24, 2.45) is 0 Å². The molecule has 4 atom stereocenters. The van der Waals surface area contributed by atoms with Gasteiger partial charge in [-0.05, 0) is 63.4 Å². The molecule has 6 rings (SSSR count). The highest BCUT2D eigenvalue weighted by molar-refractivity contribution is 7.44. The Hall–Kier alpha value is -5.05. The SMILES string of the molecule is Cc1cn([C@H]2C[C@H](NC(c3ccccc3)(c3ccccc3)c3ccccc3)[C@@H](COP(OCCC#N)N(C(C)C)C(C)C)O2)c(=O)nc1NC(=O)c1ccccc1. The molecular weight excluding hydrogens is 736 g/mol. The summed E-state index contributed by atoms with van der Waals surface area (Å²) >= 11 is 0. The van der Waals surface area contributed by atoms with Crippen LogP contribution in [-0.4, -0.2) is 57.6 Å². The number of carbonyl (C=O) groups is 1. The van der Waals surface area contributed by atoms with E-state index >= 15 is 0 Å². The zero-order valence-electron chi connectivity index (χ0n) is 33.1. The molecule has 0 bridgehead atoms. The Labute approximate surface area is 336 Å². The summed E-state index contributed by atoms with van der Waals surface area (Å²) in [4.78, 5) is 31.1. The summed E-state index contributed by atoms with van der Waals surface area (Å²) < 4.78 is 23.5. The lowest BCUT2D eigenvalue weighted by atomic mass is 9.76. The van der Waals surface area contributed by atoms with Crippen LogP contribution in [0.5, 0.6) is 0 Å². The quantitative estimate of drug-likeness (QED) is 0.0543. The highest BCUT2D eigenvalue weighted by atomic mass is 31.2. The van der Waals surface area contributed by atoms with Gasteiger partial charge in [-0.15, -0.1) is 0 Å². The number of hydrogen-bond acceptors (Lipinski definition) is 9. The standard InChI is InChI=1S/C45H51N6O5P/c1-32(2)51(33(3)4)57(54-28-18-27-46)55-31-40-39(29-41(56-40)50-30-34(5)42(48-44(50)53)47-43(52)35-19-10-6-11-20-35)49-45(36-21-12-7-13-22-36,37-23-14-8-15-24-37)38-25-16-9-17-26-38/h6-17,19-26,30,32-33,39-41,49H,18,28-29,31H2,1-5H3,(H,47,48,52,53)/t39-,40+,41+,57?/m0/s1. The molecule has 1 aromatic heterocycles. The zero-order chi connectivity index (χ0) is 40.4. The monoisotopic (exact) mass is 786 g/mol. The first-order chi connectivity index (χ1) is 27.6. The normalized spacial score (nSPS) is 17.5. The first kappa shape index (κ1) is 41.6. The van der Waals surface area contributed by atoms with Gasteiger partial charge >= 0.3 is 5.69 Å². The van der Waals surface area contributed by atoms with Crippen LogP contribution in [0.25, 0.3) is 0 Å². The van der Waals surface area contributed by atoms with Gasteiger partial charge in [-0.2, -0.15) is 10.2 Å². The molecule has 1 unspecified atom stereocenters. The number of aromatic nitrogens is 2. The summed E-state index contributed by atoms with van der Waals surface area (Å²) in [6.07, 6.45) is 1.05. The van der Waals surface area contributed by atoms with Crippen LogP contribution in [0.15, 0.2) is 132 Å². The van der Waals surface area contributed by atoms with E-state index in [1.165, 1.54) is 4.57 Å². The minimum absolute atomic E-state index is 0.111. The van der Waals surface area contributed by atoms with E-state index in [9.17, 15) is 14.9 Å². The number of ether oxygens (including phenoxy) is 1. The van der Waals surface area contributed by atoms with Crippen LogP contribution in [0.4, 0.5) is 5.82 Å². The van der Waals surface area contributed by atoms with Crippen LogP contribution in [0.3, 0.4) is 0 Å². The maximum atomic E-state index is 13.8. The number of benzene rings is 4. The Bertz CT molecular complexity index is 2040. The van der Waals surface area contributed by atoms with Crippen molar-refractivity contribution in [3.8, 4) is 6.07 Å². The lowest BCUT2D eigenvalue weighted by molar-refractivity contribution is -0.0278. The third-order valence-electron chi connectivity index (χ3n) is 9.98. The Morgan fingerprint density at radius 2 is 1.42 bits per heavy atom. The van der Waals surface area contributed by atoms with Crippen LogP contribution in [0.2, 0.25) is 0 Å². The van der Waals surface area contributed by atoms with E-state index in [-0.39, 0.29) is 49.5 Å². The zero-order valence-corrected chi connectivity index (χ0v) is 34.0. The van der Waals surface area contributed by atoms with Crippen LogP contribution in [0, 0.1) is 18.3 Å². The summed E-state index contributed by atoms with van der Waals surface area (Å²) in [6.45, 7) is 10.6. The number of nitriles is 1. The number of nitrogens with zero attached hydrogens (tertiary/aromatic N) is 4. The van der Waals surface area contributed by atoms with Gasteiger partial charge in [-0.1, -0.05) is 109 Å². The molecule has 4 aromatic carbocycles. The first-order valence-electron chi connectivity index (χ1n) is 19.4. The molecule has 0 radical (unpaired) electrons. The van der Waals surface area contributed by atoms with Crippen molar-refractivity contribution >= 4 is 20.3 Å². The Morgan fingerprint density at radius 3 is 1.93 bits per heavy atom. The fourth-order valence-corrected chi connectivity index (χ4v) is 9.04. The molecule has 1 fully saturated rings. The van der Waals surface area contributed by atoms with Crippen molar-refractivity contribution in [1.29, 1.82) is 5.26 Å². The van der Waals surface area contributed by atoms with Crippen LogP contribution < -0.4 is 16.3 Å². The molecule has 1 saturated heterocycles. The molecular formula is C45H51N6O5P. The second-order valence-electron chi connectivity index (χ2n) is 14.6. The second-order valence-corrected chi connectivity index (χ2v) is 16.0. The predicted molar refractivity (Wildman–Crippen MR) is 223 cm³/mol. The van der Waals surface area contributed by atoms with E-state index in [0.29, 0.717) is 17.5 Å². The molecule has 0 aliphatic carbocycles. The smallest absolute Gasteiger partial charge is 0.351 e. The number of rotatable bonds is 17. The fourth-order valence-electron chi connectivity index (χ4n) is 7.42. The highest BCUT2D eigenvalue weighted by Gasteiger charge is 2.45. The van der Waals surface area contributed by atoms with Crippen molar-refractivity contribution < 1.29 is 18.6 Å². The predicted octanol–water partition coefficient (Wildman–Crippen LogP) is 8.33. The van der Waals surface area contributed by atoms with Gasteiger partial charge in [-0.3, -0.25) is 14.7 Å². The summed E-state index contributed by atoms with van der Waals surface area (Å²) in [5.41, 5.74) is 2.79. The van der Waals surface area contributed by atoms with Crippen molar-refractivity contribution in [2.75, 3.05) is 18.5 Å². The van der Waals surface area contributed by atoms with Gasteiger partial charge in [0, 0.05) is 41.9 Å². The van der Waals surface area contributed by atoms with Gasteiger partial charge in [-0.25, -0.2) is 9.46 Å². The number of aryl methyl sites for hydroxylation is 1. The topological polar surface area (TPSA) is 131 Å². The van der Waals surface area contributed by atoms with E-state index in [2.05, 4.69) is 90.5 Å². The minimum Gasteiger partial charge on any atom is -0.351 e. The van der Waals surface area contributed by atoms with Crippen LogP contribution >= 0.6 is 8.53 Å². The first-order valence-corrected chi connectivity index (χ1v) is 20.5. The molecule has 57 heavy (non-hydrogen) atoms. The van der Waals surface area contributed by atoms with Crippen molar-refractivity contribution in [2.45, 2.75) is 83.5 Å². The molecule has 0 spiro atoms. The highest BCUT2D eigenvalue weighted by Crippen LogP contribution is 2.47. The molecule has 11 nitrogen and oxygen atoms in total. The van der Waals surface area contributed by atoms with E-state index < -0.39 is 32.1 Å². The third-order valence-corrected chi connectivity index (χ3v) is 12.1. The van der Waals surface area contributed by atoms with Gasteiger partial charge in [0.1, 0.15) is 12.0 Å². The Kier molecular flexibility index (Phi) is 14.2. The largest absolute Gasteiger partial charge is 0.351 e. The number of anilines is 1. The second kappa shape index (κ2) is 19.4. The number of nitrogens with one attached hydrogen (secondary N) is 2. The summed E-state index contributed by atoms with van der Waals surface area (Å²) in [5, 5.41) is 16.2. The van der Waals surface area contributed by atoms with Crippen molar-refractivity contribution in [1.82, 2.24) is 19.5 Å². The molecule has 296 valence electrons. The molecule has 2 N–H and O–H groups in total. The molecule has 2 heterocycles. The van der Waals surface area contributed by atoms with Gasteiger partial charge in [0.2, 0.25) is 0 Å². The third kappa shape index (κ3) is 9.74. The molecule has 0 saturated carbocycles. The van der Waals surface area contributed by atoms with Crippen molar-refractivity contribution in [3.05, 3.63) is 166 Å². The lowest BCUT2D eigenvalue weighted by Gasteiger charge is -2.40. The Morgan fingerprint density at radius 1 is 0.895 bits per heavy atom. The van der Waals surface area contributed by atoms with E-state index in [4.69, 9.17) is 13.8 Å². The van der Waals surface area contributed by atoms with E-state index in [1.54, 1.807) is 37.4 Å². The summed E-state index contributed by atoms with van der Waals surface area (Å²) in [7, 11) is -1.57. The molecule has 1 aliphatic heterocycles. The fraction of sp³-hybridized carbons (Fsp3) is 0.333. The average Bonchev–Trinajstić information content (AvgIpc) is 3.63. The molecule has 5 aromatic rings. The maximum Gasteiger partial charge on any atom is 0.351 e. The maximum absolute atomic E-state index is 13.8.